The number of rotatable bonds is 10. The van der Waals surface area contributed by atoms with Crippen LogP contribution in [0.5, 0.6) is 0 Å². The van der Waals surface area contributed by atoms with Gasteiger partial charge in [0.05, 0.1) is 28.0 Å². The van der Waals surface area contributed by atoms with Gasteiger partial charge in [-0.25, -0.2) is 15.0 Å². The standard InChI is InChI=1S/C26H32ClN7O3S2/c1-17-4-2-7-34(17)15-21-24(20-12-18(27)16-38-20)30-26(39-21)31-25(37)19-13-29-22(14-28-19)33-10-8-32(9-11-33)6-3-5-23(35)36/h12-14,16-17H,2-11,15H2,1H3,(H,35,36)(H,30,31,37)/t17-/m1/s1. The van der Waals surface area contributed by atoms with Gasteiger partial charge >= 0.3 is 5.97 Å². The molecule has 2 aliphatic rings. The summed E-state index contributed by atoms with van der Waals surface area (Å²) >= 11 is 9.24. The minimum absolute atomic E-state index is 0.193. The molecule has 0 spiro atoms. The van der Waals surface area contributed by atoms with Crippen LogP contribution in [0.3, 0.4) is 0 Å². The Morgan fingerprint density at radius 3 is 2.64 bits per heavy atom. The maximum absolute atomic E-state index is 13.0. The summed E-state index contributed by atoms with van der Waals surface area (Å²) in [6.45, 7) is 8.12. The largest absolute Gasteiger partial charge is 0.481 e. The van der Waals surface area contributed by atoms with Crippen LogP contribution in [0.4, 0.5) is 10.9 Å². The Labute approximate surface area is 240 Å². The molecule has 2 N–H and O–H groups in total. The van der Waals surface area contributed by atoms with Crippen molar-refractivity contribution in [1.82, 2.24) is 24.8 Å². The molecule has 0 saturated carbocycles. The van der Waals surface area contributed by atoms with Crippen LogP contribution in [0.25, 0.3) is 10.6 Å². The third kappa shape index (κ3) is 7.12. The quantitative estimate of drug-likeness (QED) is 0.352. The number of nitrogens with one attached hydrogen (secondary N) is 1. The number of carbonyl (C=O) groups is 2. The first-order valence-electron chi connectivity index (χ1n) is 13.2. The topological polar surface area (TPSA) is 115 Å². The molecule has 3 aromatic heterocycles. The van der Waals surface area contributed by atoms with E-state index in [0.717, 1.165) is 67.1 Å². The summed E-state index contributed by atoms with van der Waals surface area (Å²) in [6.07, 6.45) is 6.37. The van der Waals surface area contributed by atoms with Crippen molar-refractivity contribution in [2.24, 2.45) is 0 Å². The van der Waals surface area contributed by atoms with Crippen molar-refractivity contribution < 1.29 is 14.7 Å². The van der Waals surface area contributed by atoms with Crippen LogP contribution in [-0.4, -0.2) is 87.0 Å². The van der Waals surface area contributed by atoms with Gasteiger partial charge in [-0.15, -0.1) is 11.3 Å². The summed E-state index contributed by atoms with van der Waals surface area (Å²) in [5.74, 6) is -0.374. The van der Waals surface area contributed by atoms with Crippen molar-refractivity contribution in [1.29, 1.82) is 0 Å². The van der Waals surface area contributed by atoms with E-state index in [9.17, 15) is 9.59 Å². The lowest BCUT2D eigenvalue weighted by Crippen LogP contribution is -2.47. The number of carboxylic acid groups (broad SMARTS) is 1. The molecule has 5 rings (SSSR count). The number of amides is 1. The summed E-state index contributed by atoms with van der Waals surface area (Å²) in [5, 5.41) is 14.9. The van der Waals surface area contributed by atoms with Crippen LogP contribution in [0.15, 0.2) is 23.8 Å². The molecule has 10 nitrogen and oxygen atoms in total. The van der Waals surface area contributed by atoms with E-state index in [1.165, 1.54) is 30.4 Å². The highest BCUT2D eigenvalue weighted by Gasteiger charge is 2.25. The minimum Gasteiger partial charge on any atom is -0.481 e. The number of piperazine rings is 1. The summed E-state index contributed by atoms with van der Waals surface area (Å²) in [7, 11) is 0. The van der Waals surface area contributed by atoms with E-state index in [-0.39, 0.29) is 18.0 Å². The highest BCUT2D eigenvalue weighted by molar-refractivity contribution is 7.17. The van der Waals surface area contributed by atoms with Gasteiger partial charge in [-0.05, 0) is 45.3 Å². The van der Waals surface area contributed by atoms with Crippen LogP contribution >= 0.6 is 34.3 Å². The van der Waals surface area contributed by atoms with Crippen molar-refractivity contribution in [2.45, 2.75) is 45.2 Å². The monoisotopic (exact) mass is 589 g/mol. The average Bonchev–Trinajstić information content (AvgIpc) is 3.65. The van der Waals surface area contributed by atoms with Gasteiger partial charge < -0.3 is 10.0 Å². The first-order chi connectivity index (χ1) is 18.9. The van der Waals surface area contributed by atoms with Gasteiger partial charge in [0.2, 0.25) is 0 Å². The lowest BCUT2D eigenvalue weighted by atomic mass is 10.2. The Hall–Kier alpha value is -2.64. The van der Waals surface area contributed by atoms with E-state index in [1.54, 1.807) is 17.5 Å². The molecule has 5 heterocycles. The molecular formula is C26H32ClN7O3S2. The van der Waals surface area contributed by atoms with Gasteiger partial charge in [-0.2, -0.15) is 0 Å². The first kappa shape index (κ1) is 27.9. The molecular weight excluding hydrogens is 558 g/mol. The van der Waals surface area contributed by atoms with E-state index in [2.05, 4.69) is 36.9 Å². The number of carboxylic acids is 1. The number of thiazole rings is 1. The fraction of sp³-hybridized carbons (Fsp3) is 0.500. The smallest absolute Gasteiger partial charge is 0.303 e. The second-order valence-electron chi connectivity index (χ2n) is 9.92. The summed E-state index contributed by atoms with van der Waals surface area (Å²) < 4.78 is 0. The molecule has 2 saturated heterocycles. The summed E-state index contributed by atoms with van der Waals surface area (Å²) in [5.41, 5.74) is 1.10. The maximum atomic E-state index is 13.0. The molecule has 2 aliphatic heterocycles. The molecule has 208 valence electrons. The number of hydrogen-bond acceptors (Lipinski definition) is 10. The molecule has 3 aromatic rings. The van der Waals surface area contributed by atoms with Gasteiger partial charge in [0, 0.05) is 55.4 Å². The van der Waals surface area contributed by atoms with E-state index < -0.39 is 5.97 Å². The zero-order valence-electron chi connectivity index (χ0n) is 21.8. The molecule has 39 heavy (non-hydrogen) atoms. The van der Waals surface area contributed by atoms with Gasteiger partial charge in [0.1, 0.15) is 11.5 Å². The Balaban J connectivity index is 1.21. The molecule has 1 atom stereocenters. The van der Waals surface area contributed by atoms with Gasteiger partial charge in [-0.1, -0.05) is 22.9 Å². The zero-order valence-corrected chi connectivity index (χ0v) is 24.2. The highest BCUT2D eigenvalue weighted by Crippen LogP contribution is 2.37. The predicted molar refractivity (Wildman–Crippen MR) is 155 cm³/mol. The van der Waals surface area contributed by atoms with E-state index in [1.807, 2.05) is 11.4 Å². The molecule has 13 heteroatoms. The molecule has 2 fully saturated rings. The Morgan fingerprint density at radius 2 is 2.00 bits per heavy atom. The highest BCUT2D eigenvalue weighted by atomic mass is 35.5. The zero-order chi connectivity index (χ0) is 27.4. The fourth-order valence-electron chi connectivity index (χ4n) is 4.97. The second kappa shape index (κ2) is 12.7. The Morgan fingerprint density at radius 1 is 1.18 bits per heavy atom. The second-order valence-corrected chi connectivity index (χ2v) is 12.4. The van der Waals surface area contributed by atoms with Crippen molar-refractivity contribution >= 4 is 57.1 Å². The number of thiophene rings is 1. The molecule has 0 radical (unpaired) electrons. The van der Waals surface area contributed by atoms with Crippen LogP contribution in [0.1, 0.15) is 48.0 Å². The Bertz CT molecular complexity index is 1290. The number of anilines is 2. The normalized spacial score (nSPS) is 18.5. The number of hydrogen-bond donors (Lipinski definition) is 2. The molecule has 0 bridgehead atoms. The van der Waals surface area contributed by atoms with Crippen molar-refractivity contribution in [3.63, 3.8) is 0 Å². The third-order valence-corrected chi connectivity index (χ3v) is 9.43. The van der Waals surface area contributed by atoms with Crippen molar-refractivity contribution in [3.8, 4) is 10.6 Å². The van der Waals surface area contributed by atoms with Crippen LogP contribution < -0.4 is 10.2 Å². The maximum Gasteiger partial charge on any atom is 0.303 e. The molecule has 1 amide bonds. The number of aliphatic carboxylic acids is 1. The fourth-order valence-corrected chi connectivity index (χ4v) is 7.12. The van der Waals surface area contributed by atoms with Gasteiger partial charge in [0.15, 0.2) is 5.13 Å². The van der Waals surface area contributed by atoms with Crippen LogP contribution in [0.2, 0.25) is 5.02 Å². The van der Waals surface area contributed by atoms with E-state index >= 15 is 0 Å². The van der Waals surface area contributed by atoms with Crippen LogP contribution in [-0.2, 0) is 11.3 Å². The van der Waals surface area contributed by atoms with Crippen molar-refractivity contribution in [2.75, 3.05) is 49.5 Å². The third-order valence-electron chi connectivity index (χ3n) is 7.19. The lowest BCUT2D eigenvalue weighted by molar-refractivity contribution is -0.137. The first-order valence-corrected chi connectivity index (χ1v) is 15.2. The summed E-state index contributed by atoms with van der Waals surface area (Å²) in [4.78, 5) is 46.3. The van der Waals surface area contributed by atoms with E-state index in [4.69, 9.17) is 21.7 Å². The number of halogens is 1. The number of aromatic nitrogens is 3. The number of carbonyl (C=O) groups excluding carboxylic acids is 1. The lowest BCUT2D eigenvalue weighted by Gasteiger charge is -2.35. The number of likely N-dealkylation sites (tertiary alicyclic amines) is 1. The van der Waals surface area contributed by atoms with Crippen LogP contribution in [0, 0.1) is 0 Å². The average molecular weight is 590 g/mol. The molecule has 0 aliphatic carbocycles. The van der Waals surface area contributed by atoms with Gasteiger partial charge in [0.25, 0.3) is 5.91 Å². The van der Waals surface area contributed by atoms with Gasteiger partial charge in [-0.3, -0.25) is 24.7 Å². The minimum atomic E-state index is -0.757. The predicted octanol–water partition coefficient (Wildman–Crippen LogP) is 4.54. The summed E-state index contributed by atoms with van der Waals surface area (Å²) in [6, 6.07) is 2.45. The number of nitrogens with zero attached hydrogens (tertiary/aromatic N) is 6. The molecule has 0 aromatic carbocycles. The molecule has 0 unspecified atom stereocenters. The SMILES string of the molecule is C[C@@H]1CCCN1Cc1sc(NC(=O)c2cnc(N3CCN(CCCC(=O)O)CC3)cn2)nc1-c1cc(Cl)cs1. The van der Waals surface area contributed by atoms with E-state index in [0.29, 0.717) is 22.6 Å². The Kier molecular flexibility index (Phi) is 9.08. The van der Waals surface area contributed by atoms with Crippen molar-refractivity contribution in [3.05, 3.63) is 39.4 Å².